The van der Waals surface area contributed by atoms with Crippen LogP contribution < -0.4 is 5.32 Å². The third-order valence-electron chi connectivity index (χ3n) is 2.57. The van der Waals surface area contributed by atoms with E-state index in [4.69, 9.17) is 4.52 Å². The molecule has 2 aromatic heterocycles. The lowest BCUT2D eigenvalue weighted by atomic mass is 10.2. The summed E-state index contributed by atoms with van der Waals surface area (Å²) in [5.41, 5.74) is 1.92. The van der Waals surface area contributed by atoms with E-state index in [-0.39, 0.29) is 5.91 Å². The molecule has 0 aliphatic rings. The molecule has 108 valence electrons. The molecule has 2 aromatic rings. The number of nitrogens with zero attached hydrogens (tertiary/aromatic N) is 3. The number of aryl methyl sites for hydroxylation is 2. The Hall–Kier alpha value is -1.48. The lowest BCUT2D eigenvalue weighted by molar-refractivity contribution is -0.113. The standard InChI is InChI=1S/C11H15N5O2S2/c1-6-8(7(2)18-16-6)4-20-5-9(17)12-10-13-11(19-3)15-14-10/h4-5H2,1-3H3,(H2,12,13,14,15,17). The Morgan fingerprint density at radius 2 is 2.25 bits per heavy atom. The van der Waals surface area contributed by atoms with Crippen LogP contribution in [0.5, 0.6) is 0 Å². The van der Waals surface area contributed by atoms with Crippen molar-refractivity contribution in [3.63, 3.8) is 0 Å². The molecule has 0 saturated carbocycles. The van der Waals surface area contributed by atoms with E-state index in [0.717, 1.165) is 17.0 Å². The number of anilines is 1. The first-order chi connectivity index (χ1) is 9.60. The predicted octanol–water partition coefficient (Wildman–Crippen LogP) is 2.00. The summed E-state index contributed by atoms with van der Waals surface area (Å²) in [6.45, 7) is 3.76. The fourth-order valence-electron chi connectivity index (χ4n) is 1.52. The third-order valence-corrected chi connectivity index (χ3v) is 4.07. The summed E-state index contributed by atoms with van der Waals surface area (Å²) in [5.74, 6) is 2.08. The monoisotopic (exact) mass is 313 g/mol. The Labute approximate surface area is 124 Å². The molecule has 9 heteroatoms. The minimum absolute atomic E-state index is 0.120. The van der Waals surface area contributed by atoms with Gasteiger partial charge in [0.15, 0.2) is 0 Å². The van der Waals surface area contributed by atoms with E-state index in [1.54, 1.807) is 0 Å². The summed E-state index contributed by atoms with van der Waals surface area (Å²) in [5, 5.41) is 13.7. The number of aromatic nitrogens is 4. The second kappa shape index (κ2) is 6.80. The minimum Gasteiger partial charge on any atom is -0.361 e. The van der Waals surface area contributed by atoms with E-state index >= 15 is 0 Å². The third kappa shape index (κ3) is 3.76. The first-order valence-electron chi connectivity index (χ1n) is 5.86. The van der Waals surface area contributed by atoms with Crippen LogP contribution in [0.25, 0.3) is 0 Å². The number of hydrogen-bond donors (Lipinski definition) is 2. The molecule has 0 unspecified atom stereocenters. The van der Waals surface area contributed by atoms with Gasteiger partial charge < -0.3 is 4.52 Å². The molecule has 0 aliphatic carbocycles. The zero-order chi connectivity index (χ0) is 14.5. The second-order valence-corrected chi connectivity index (χ2v) is 5.77. The molecule has 0 bridgehead atoms. The minimum atomic E-state index is -0.120. The van der Waals surface area contributed by atoms with Crippen molar-refractivity contribution in [2.75, 3.05) is 17.3 Å². The molecule has 0 saturated heterocycles. The van der Waals surface area contributed by atoms with Crippen LogP contribution in [0.4, 0.5) is 5.95 Å². The van der Waals surface area contributed by atoms with Crippen molar-refractivity contribution in [3.05, 3.63) is 17.0 Å². The van der Waals surface area contributed by atoms with Gasteiger partial charge in [-0.15, -0.1) is 16.9 Å². The molecule has 2 rings (SSSR count). The number of hydrogen-bond acceptors (Lipinski definition) is 7. The van der Waals surface area contributed by atoms with Crippen molar-refractivity contribution in [2.45, 2.75) is 24.8 Å². The number of thioether (sulfide) groups is 2. The Kier molecular flexibility index (Phi) is 5.07. The number of carbonyl (C=O) groups excluding carboxylic acids is 1. The van der Waals surface area contributed by atoms with Crippen LogP contribution in [-0.2, 0) is 10.5 Å². The van der Waals surface area contributed by atoms with Gasteiger partial charge in [0.05, 0.1) is 11.4 Å². The van der Waals surface area contributed by atoms with Gasteiger partial charge in [0.1, 0.15) is 5.76 Å². The highest BCUT2D eigenvalue weighted by molar-refractivity contribution is 7.99. The molecule has 0 aliphatic heterocycles. The molecule has 0 radical (unpaired) electrons. The maximum absolute atomic E-state index is 11.7. The van der Waals surface area contributed by atoms with E-state index < -0.39 is 0 Å². The van der Waals surface area contributed by atoms with Gasteiger partial charge in [-0.1, -0.05) is 16.9 Å². The van der Waals surface area contributed by atoms with Crippen LogP contribution in [0.3, 0.4) is 0 Å². The van der Waals surface area contributed by atoms with Gasteiger partial charge in [-0.3, -0.25) is 10.1 Å². The maximum atomic E-state index is 11.7. The normalized spacial score (nSPS) is 10.8. The summed E-state index contributed by atoms with van der Waals surface area (Å²) >= 11 is 2.91. The molecule has 7 nitrogen and oxygen atoms in total. The summed E-state index contributed by atoms with van der Waals surface area (Å²) in [6, 6.07) is 0. The SMILES string of the molecule is CSc1n[nH]c(NC(=O)CSCc2c(C)noc2C)n1. The lowest BCUT2D eigenvalue weighted by Crippen LogP contribution is -2.15. The van der Waals surface area contributed by atoms with Crippen molar-refractivity contribution in [1.29, 1.82) is 0 Å². The second-order valence-electron chi connectivity index (χ2n) is 4.01. The Bertz CT molecular complexity index is 576. The number of carbonyl (C=O) groups is 1. The lowest BCUT2D eigenvalue weighted by Gasteiger charge is -2.01. The summed E-state index contributed by atoms with van der Waals surface area (Å²) < 4.78 is 5.07. The van der Waals surface area contributed by atoms with Crippen molar-refractivity contribution in [1.82, 2.24) is 20.3 Å². The molecule has 1 amide bonds. The maximum Gasteiger partial charge on any atom is 0.236 e. The van der Waals surface area contributed by atoms with Gasteiger partial charge in [0.2, 0.25) is 17.0 Å². The van der Waals surface area contributed by atoms with Crippen molar-refractivity contribution >= 4 is 35.4 Å². The number of rotatable bonds is 6. The predicted molar refractivity (Wildman–Crippen MR) is 78.9 cm³/mol. The number of nitrogens with one attached hydrogen (secondary N) is 2. The van der Waals surface area contributed by atoms with Crippen LogP contribution in [0.15, 0.2) is 9.68 Å². The van der Waals surface area contributed by atoms with E-state index in [1.807, 2.05) is 20.1 Å². The number of aromatic amines is 1. The summed E-state index contributed by atoms with van der Waals surface area (Å²) in [6.07, 6.45) is 1.87. The number of amides is 1. The molecule has 0 spiro atoms. The Morgan fingerprint density at radius 3 is 2.85 bits per heavy atom. The van der Waals surface area contributed by atoms with E-state index in [9.17, 15) is 4.79 Å². The zero-order valence-corrected chi connectivity index (χ0v) is 13.0. The largest absolute Gasteiger partial charge is 0.361 e. The summed E-state index contributed by atoms with van der Waals surface area (Å²) in [4.78, 5) is 15.8. The molecular formula is C11H15N5O2S2. The highest BCUT2D eigenvalue weighted by Crippen LogP contribution is 2.19. The molecule has 0 atom stereocenters. The zero-order valence-electron chi connectivity index (χ0n) is 11.4. The van der Waals surface area contributed by atoms with Crippen molar-refractivity contribution in [2.24, 2.45) is 0 Å². The fraction of sp³-hybridized carbons (Fsp3) is 0.455. The molecule has 2 N–H and O–H groups in total. The smallest absolute Gasteiger partial charge is 0.236 e. The average Bonchev–Trinajstić information content (AvgIpc) is 2.99. The van der Waals surface area contributed by atoms with Crippen molar-refractivity contribution < 1.29 is 9.32 Å². The Morgan fingerprint density at radius 1 is 1.45 bits per heavy atom. The van der Waals surface area contributed by atoms with Crippen LogP contribution >= 0.6 is 23.5 Å². The fourth-order valence-corrected chi connectivity index (χ4v) is 2.81. The molecule has 0 aromatic carbocycles. The van der Waals surface area contributed by atoms with Gasteiger partial charge in [-0.25, -0.2) is 5.10 Å². The van der Waals surface area contributed by atoms with Crippen molar-refractivity contribution in [3.8, 4) is 0 Å². The van der Waals surface area contributed by atoms with Gasteiger partial charge in [-0.05, 0) is 20.1 Å². The highest BCUT2D eigenvalue weighted by atomic mass is 32.2. The molecular weight excluding hydrogens is 298 g/mol. The first kappa shape index (κ1) is 14.9. The van der Waals surface area contributed by atoms with Gasteiger partial charge in [-0.2, -0.15) is 4.98 Å². The van der Waals surface area contributed by atoms with Crippen LogP contribution in [0, 0.1) is 13.8 Å². The van der Waals surface area contributed by atoms with E-state index in [0.29, 0.717) is 22.6 Å². The van der Waals surface area contributed by atoms with Crippen LogP contribution in [-0.4, -0.2) is 38.3 Å². The van der Waals surface area contributed by atoms with Crippen LogP contribution in [0.2, 0.25) is 0 Å². The van der Waals surface area contributed by atoms with Gasteiger partial charge in [0, 0.05) is 11.3 Å². The molecule has 0 fully saturated rings. The summed E-state index contributed by atoms with van der Waals surface area (Å²) in [7, 11) is 0. The van der Waals surface area contributed by atoms with Gasteiger partial charge in [0.25, 0.3) is 0 Å². The van der Waals surface area contributed by atoms with Crippen LogP contribution in [0.1, 0.15) is 17.0 Å². The molecule has 20 heavy (non-hydrogen) atoms. The highest BCUT2D eigenvalue weighted by Gasteiger charge is 2.11. The average molecular weight is 313 g/mol. The molecule has 2 heterocycles. The first-order valence-corrected chi connectivity index (χ1v) is 8.24. The quantitative estimate of drug-likeness (QED) is 0.787. The topological polar surface area (TPSA) is 96.7 Å². The number of H-pyrrole nitrogens is 1. The Balaban J connectivity index is 1.78. The van der Waals surface area contributed by atoms with Gasteiger partial charge >= 0.3 is 0 Å². The van der Waals surface area contributed by atoms with E-state index in [1.165, 1.54) is 23.5 Å². The van der Waals surface area contributed by atoms with E-state index in [2.05, 4.69) is 25.7 Å².